The van der Waals surface area contributed by atoms with Gasteiger partial charge in [0.25, 0.3) is 0 Å². The minimum Gasteiger partial charge on any atom is -0.497 e. The van der Waals surface area contributed by atoms with E-state index in [2.05, 4.69) is 0 Å². The number of thiophene rings is 1. The second-order valence-electron chi connectivity index (χ2n) is 3.94. The monoisotopic (exact) mass is 280 g/mol. The van der Waals surface area contributed by atoms with Crippen LogP contribution in [-0.2, 0) is 0 Å². The maximum atomic E-state index is 10.4. The lowest BCUT2D eigenvalue weighted by atomic mass is 10.1. The summed E-state index contributed by atoms with van der Waals surface area (Å²) in [6.07, 6.45) is -0.724. The van der Waals surface area contributed by atoms with Gasteiger partial charge in [0.05, 0.1) is 21.3 Å². The van der Waals surface area contributed by atoms with Crippen molar-refractivity contribution in [3.8, 4) is 17.2 Å². The number of hydrogen-bond donors (Lipinski definition) is 1. The van der Waals surface area contributed by atoms with Crippen molar-refractivity contribution in [1.29, 1.82) is 0 Å². The molecule has 1 N–H and O–H groups in total. The molecule has 0 amide bonds. The Balaban J connectivity index is 2.34. The van der Waals surface area contributed by atoms with Crippen LogP contribution in [0.4, 0.5) is 0 Å². The number of benzene rings is 1. The van der Waals surface area contributed by atoms with Gasteiger partial charge in [0.15, 0.2) is 0 Å². The van der Waals surface area contributed by atoms with Gasteiger partial charge in [-0.05, 0) is 23.8 Å². The summed E-state index contributed by atoms with van der Waals surface area (Å²) >= 11 is 1.45. The van der Waals surface area contributed by atoms with Crippen molar-refractivity contribution in [2.75, 3.05) is 21.3 Å². The standard InChI is InChI=1S/C14H16O4S/c1-16-10-4-9(5-11(6-10)17-2)14(15)13-7-12(18-3)8-19-13/h4-8,14-15H,1-3H3. The second-order valence-corrected chi connectivity index (χ2v) is 4.88. The van der Waals surface area contributed by atoms with E-state index in [-0.39, 0.29) is 0 Å². The van der Waals surface area contributed by atoms with Crippen LogP contribution in [0.2, 0.25) is 0 Å². The third-order valence-corrected chi connectivity index (χ3v) is 3.75. The average Bonchev–Trinajstić information content (AvgIpc) is 2.94. The first-order valence-corrected chi connectivity index (χ1v) is 6.59. The highest BCUT2D eigenvalue weighted by molar-refractivity contribution is 7.10. The van der Waals surface area contributed by atoms with Crippen molar-refractivity contribution in [3.05, 3.63) is 40.1 Å². The number of aliphatic hydroxyl groups excluding tert-OH is 1. The molecule has 1 atom stereocenters. The smallest absolute Gasteiger partial charge is 0.129 e. The van der Waals surface area contributed by atoms with E-state index in [0.29, 0.717) is 11.5 Å². The molecule has 2 aromatic rings. The van der Waals surface area contributed by atoms with Crippen molar-refractivity contribution in [3.63, 3.8) is 0 Å². The Kier molecular flexibility index (Phi) is 4.29. The van der Waals surface area contributed by atoms with Gasteiger partial charge in [0.2, 0.25) is 0 Å². The maximum absolute atomic E-state index is 10.4. The van der Waals surface area contributed by atoms with E-state index in [1.165, 1.54) is 11.3 Å². The second kappa shape index (κ2) is 5.95. The Hall–Kier alpha value is -1.72. The van der Waals surface area contributed by atoms with Gasteiger partial charge in [-0.25, -0.2) is 0 Å². The SMILES string of the molecule is COc1cc(OC)cc(C(O)c2cc(OC)cs2)c1. The van der Waals surface area contributed by atoms with Crippen LogP contribution in [0.5, 0.6) is 17.2 Å². The van der Waals surface area contributed by atoms with Crippen molar-refractivity contribution in [1.82, 2.24) is 0 Å². The summed E-state index contributed by atoms with van der Waals surface area (Å²) in [4.78, 5) is 0.812. The van der Waals surface area contributed by atoms with Gasteiger partial charge in [-0.3, -0.25) is 0 Å². The third-order valence-electron chi connectivity index (χ3n) is 2.79. The van der Waals surface area contributed by atoms with Gasteiger partial charge in [0.1, 0.15) is 23.4 Å². The fourth-order valence-corrected chi connectivity index (χ4v) is 2.60. The van der Waals surface area contributed by atoms with Crippen LogP contribution in [0.1, 0.15) is 16.5 Å². The zero-order valence-corrected chi connectivity index (χ0v) is 11.9. The lowest BCUT2D eigenvalue weighted by molar-refractivity contribution is 0.222. The van der Waals surface area contributed by atoms with Crippen LogP contribution < -0.4 is 14.2 Å². The number of aliphatic hydroxyl groups is 1. The molecule has 4 nitrogen and oxygen atoms in total. The fraction of sp³-hybridized carbons (Fsp3) is 0.286. The number of rotatable bonds is 5. The van der Waals surface area contributed by atoms with Crippen LogP contribution in [0.3, 0.4) is 0 Å². The zero-order chi connectivity index (χ0) is 13.8. The highest BCUT2D eigenvalue weighted by Crippen LogP contribution is 2.34. The molecule has 0 saturated heterocycles. The highest BCUT2D eigenvalue weighted by atomic mass is 32.1. The molecule has 102 valence electrons. The quantitative estimate of drug-likeness (QED) is 0.915. The molecule has 1 aromatic heterocycles. The highest BCUT2D eigenvalue weighted by Gasteiger charge is 2.15. The van der Waals surface area contributed by atoms with Gasteiger partial charge in [-0.15, -0.1) is 11.3 Å². The number of ether oxygens (including phenoxy) is 3. The molecule has 0 bridgehead atoms. The topological polar surface area (TPSA) is 47.9 Å². The van der Waals surface area contributed by atoms with Crippen LogP contribution >= 0.6 is 11.3 Å². The van der Waals surface area contributed by atoms with Gasteiger partial charge in [-0.1, -0.05) is 0 Å². The molecule has 19 heavy (non-hydrogen) atoms. The predicted octanol–water partition coefficient (Wildman–Crippen LogP) is 2.86. The Bertz CT molecular complexity index is 528. The van der Waals surface area contributed by atoms with Crippen molar-refractivity contribution in [2.45, 2.75) is 6.10 Å². The Labute approximate surface area is 116 Å². The van der Waals surface area contributed by atoms with Gasteiger partial charge in [0, 0.05) is 16.3 Å². The Morgan fingerprint density at radius 3 is 1.95 bits per heavy atom. The van der Waals surface area contributed by atoms with Crippen LogP contribution in [0.15, 0.2) is 29.6 Å². The van der Waals surface area contributed by atoms with Crippen molar-refractivity contribution in [2.24, 2.45) is 0 Å². The Morgan fingerprint density at radius 2 is 1.47 bits per heavy atom. The summed E-state index contributed by atoms with van der Waals surface area (Å²) < 4.78 is 15.5. The van der Waals surface area contributed by atoms with E-state index in [4.69, 9.17) is 14.2 Å². The largest absolute Gasteiger partial charge is 0.497 e. The van der Waals surface area contributed by atoms with E-state index in [9.17, 15) is 5.11 Å². The molecule has 1 heterocycles. The summed E-state index contributed by atoms with van der Waals surface area (Å²) in [6.45, 7) is 0. The number of hydrogen-bond acceptors (Lipinski definition) is 5. The summed E-state index contributed by atoms with van der Waals surface area (Å²) in [5.41, 5.74) is 0.723. The minimum absolute atomic E-state index is 0.650. The van der Waals surface area contributed by atoms with E-state index < -0.39 is 6.10 Å². The molecule has 0 saturated carbocycles. The van der Waals surface area contributed by atoms with Crippen molar-refractivity contribution < 1.29 is 19.3 Å². The molecule has 1 unspecified atom stereocenters. The predicted molar refractivity (Wildman–Crippen MR) is 74.5 cm³/mol. The molecule has 0 aliphatic carbocycles. The summed E-state index contributed by atoms with van der Waals surface area (Å²) in [5.74, 6) is 2.04. The van der Waals surface area contributed by atoms with E-state index in [1.807, 2.05) is 11.4 Å². The summed E-state index contributed by atoms with van der Waals surface area (Å²) in [6, 6.07) is 7.17. The lowest BCUT2D eigenvalue weighted by Crippen LogP contribution is -1.99. The van der Waals surface area contributed by atoms with E-state index in [1.54, 1.807) is 39.5 Å². The molecule has 0 radical (unpaired) electrons. The maximum Gasteiger partial charge on any atom is 0.129 e. The first-order valence-electron chi connectivity index (χ1n) is 5.71. The fourth-order valence-electron chi connectivity index (χ4n) is 1.74. The first-order chi connectivity index (χ1) is 9.17. The first kappa shape index (κ1) is 13.7. The zero-order valence-electron chi connectivity index (χ0n) is 11.0. The van der Waals surface area contributed by atoms with Crippen molar-refractivity contribution >= 4 is 11.3 Å². The molecule has 5 heteroatoms. The summed E-state index contributed by atoms with van der Waals surface area (Å²) in [7, 11) is 4.77. The van der Waals surface area contributed by atoms with Gasteiger partial charge >= 0.3 is 0 Å². The molecule has 0 aliphatic rings. The average molecular weight is 280 g/mol. The van der Waals surface area contributed by atoms with Crippen LogP contribution in [0.25, 0.3) is 0 Å². The Morgan fingerprint density at radius 1 is 0.895 bits per heavy atom. The van der Waals surface area contributed by atoms with Gasteiger partial charge < -0.3 is 19.3 Å². The normalized spacial score (nSPS) is 12.0. The molecular weight excluding hydrogens is 264 g/mol. The molecular formula is C14H16O4S. The third kappa shape index (κ3) is 3.00. The van der Waals surface area contributed by atoms with E-state index in [0.717, 1.165) is 16.2 Å². The molecule has 0 fully saturated rings. The molecule has 1 aromatic carbocycles. The van der Waals surface area contributed by atoms with Crippen LogP contribution in [0, 0.1) is 0 Å². The van der Waals surface area contributed by atoms with Crippen LogP contribution in [-0.4, -0.2) is 26.4 Å². The molecule has 0 spiro atoms. The van der Waals surface area contributed by atoms with E-state index >= 15 is 0 Å². The lowest BCUT2D eigenvalue weighted by Gasteiger charge is -2.12. The number of methoxy groups -OCH3 is 3. The minimum atomic E-state index is -0.724. The molecule has 0 aliphatic heterocycles. The molecule has 2 rings (SSSR count). The van der Waals surface area contributed by atoms with Gasteiger partial charge in [-0.2, -0.15) is 0 Å². The summed E-state index contributed by atoms with van der Waals surface area (Å²) in [5, 5.41) is 12.2.